The van der Waals surface area contributed by atoms with Crippen LogP contribution >= 0.6 is 11.6 Å². The Bertz CT molecular complexity index is 916. The summed E-state index contributed by atoms with van der Waals surface area (Å²) < 4.78 is 28.0. The molecule has 1 N–H and O–H groups in total. The van der Waals surface area contributed by atoms with Crippen LogP contribution in [0, 0.1) is 27.7 Å². The highest BCUT2D eigenvalue weighted by atomic mass is 35.5. The molecule has 1 heterocycles. The lowest BCUT2D eigenvalue weighted by molar-refractivity contribution is -0.384. The Hall–Kier alpha value is -2.47. The molecule has 0 saturated heterocycles. The molecule has 4 rings (SSSR count). The first kappa shape index (κ1) is 16.0. The number of nitrogens with one attached hydrogen (secondary N) is 1. The summed E-state index contributed by atoms with van der Waals surface area (Å²) >= 11 is 6.28. The van der Waals surface area contributed by atoms with Crippen LogP contribution in [0.15, 0.2) is 42.5 Å². The van der Waals surface area contributed by atoms with E-state index in [0.29, 0.717) is 22.6 Å². The zero-order valence-electron chi connectivity index (χ0n) is 12.9. The Labute approximate surface area is 147 Å². The molecule has 1 aliphatic carbocycles. The summed E-state index contributed by atoms with van der Waals surface area (Å²) in [5.41, 5.74) is 1.26. The lowest BCUT2D eigenvalue weighted by atomic mass is 9.77. The van der Waals surface area contributed by atoms with Gasteiger partial charge >= 0.3 is 0 Å². The van der Waals surface area contributed by atoms with Crippen molar-refractivity contribution >= 4 is 23.0 Å². The predicted octanol–water partition coefficient (Wildman–Crippen LogP) is 5.35. The van der Waals surface area contributed by atoms with Crippen molar-refractivity contribution in [2.45, 2.75) is 18.4 Å². The molecule has 25 heavy (non-hydrogen) atoms. The van der Waals surface area contributed by atoms with Crippen LogP contribution < -0.4 is 5.32 Å². The molecule has 2 aromatic carbocycles. The first-order chi connectivity index (χ1) is 12.0. The number of anilines is 1. The van der Waals surface area contributed by atoms with E-state index in [-0.39, 0.29) is 23.2 Å². The van der Waals surface area contributed by atoms with Crippen LogP contribution in [0.2, 0.25) is 5.02 Å². The van der Waals surface area contributed by atoms with Crippen LogP contribution in [0.5, 0.6) is 0 Å². The zero-order valence-corrected chi connectivity index (χ0v) is 13.6. The molecule has 0 spiro atoms. The van der Waals surface area contributed by atoms with E-state index in [1.54, 1.807) is 0 Å². The summed E-state index contributed by atoms with van der Waals surface area (Å²) in [6.45, 7) is 0. The number of hydrogen-bond donors (Lipinski definition) is 1. The van der Waals surface area contributed by atoms with Crippen molar-refractivity contribution in [3.05, 3.63) is 80.4 Å². The van der Waals surface area contributed by atoms with Gasteiger partial charge in [-0.05, 0) is 30.0 Å². The first-order valence-corrected chi connectivity index (χ1v) is 8.19. The van der Waals surface area contributed by atoms with Gasteiger partial charge in [0, 0.05) is 34.7 Å². The molecule has 7 heteroatoms. The average molecular weight is 363 g/mol. The molecule has 0 unspecified atom stereocenters. The second-order valence-electron chi connectivity index (χ2n) is 6.29. The molecule has 2 aromatic rings. The van der Waals surface area contributed by atoms with Crippen molar-refractivity contribution in [3.8, 4) is 0 Å². The van der Waals surface area contributed by atoms with Crippen molar-refractivity contribution in [1.29, 1.82) is 0 Å². The van der Waals surface area contributed by atoms with E-state index in [4.69, 9.17) is 11.6 Å². The molecular formula is C18H13ClF2N2O2. The summed E-state index contributed by atoms with van der Waals surface area (Å²) in [6.07, 6.45) is 4.59. The molecule has 0 fully saturated rings. The Morgan fingerprint density at radius 2 is 2.00 bits per heavy atom. The van der Waals surface area contributed by atoms with Crippen LogP contribution in [0.1, 0.15) is 29.5 Å². The summed E-state index contributed by atoms with van der Waals surface area (Å²) in [5, 5.41) is 14.6. The monoisotopic (exact) mass is 362 g/mol. The number of halogens is 3. The van der Waals surface area contributed by atoms with E-state index in [9.17, 15) is 18.9 Å². The lowest BCUT2D eigenvalue weighted by Crippen LogP contribution is -2.30. The summed E-state index contributed by atoms with van der Waals surface area (Å²) in [6, 6.07) is 6.00. The van der Waals surface area contributed by atoms with Crippen LogP contribution in [0.3, 0.4) is 0 Å². The molecule has 0 bridgehead atoms. The van der Waals surface area contributed by atoms with E-state index in [1.807, 2.05) is 12.2 Å². The molecule has 128 valence electrons. The van der Waals surface area contributed by atoms with Crippen molar-refractivity contribution in [1.82, 2.24) is 0 Å². The number of allylic oxidation sites excluding steroid dienone is 2. The largest absolute Gasteiger partial charge is 0.375 e. The fraction of sp³-hybridized carbons (Fsp3) is 0.222. The minimum Gasteiger partial charge on any atom is -0.375 e. The number of nitro groups is 1. The molecule has 2 aliphatic rings. The Kier molecular flexibility index (Phi) is 3.72. The number of fused-ring (bicyclic) bond motifs is 3. The van der Waals surface area contributed by atoms with Gasteiger partial charge in [-0.25, -0.2) is 8.78 Å². The van der Waals surface area contributed by atoms with E-state index in [2.05, 4.69) is 5.32 Å². The smallest absolute Gasteiger partial charge is 0.269 e. The molecule has 0 amide bonds. The predicted molar refractivity (Wildman–Crippen MR) is 90.8 cm³/mol. The van der Waals surface area contributed by atoms with E-state index >= 15 is 0 Å². The number of hydrogen-bond acceptors (Lipinski definition) is 3. The van der Waals surface area contributed by atoms with Crippen LogP contribution in [-0.4, -0.2) is 4.92 Å². The second kappa shape index (κ2) is 5.81. The quantitative estimate of drug-likeness (QED) is 0.445. The molecule has 3 atom stereocenters. The third-order valence-electron chi connectivity index (χ3n) is 4.91. The maximum atomic E-state index is 14.3. The van der Waals surface area contributed by atoms with Gasteiger partial charge in [-0.15, -0.1) is 0 Å². The van der Waals surface area contributed by atoms with E-state index < -0.39 is 22.6 Å². The minimum absolute atomic E-state index is 0.0202. The highest BCUT2D eigenvalue weighted by molar-refractivity contribution is 6.31. The summed E-state index contributed by atoms with van der Waals surface area (Å²) in [4.78, 5) is 10.6. The maximum Gasteiger partial charge on any atom is 0.269 e. The normalized spacial score (nSPS) is 23.7. The van der Waals surface area contributed by atoms with Gasteiger partial charge < -0.3 is 5.32 Å². The van der Waals surface area contributed by atoms with Crippen molar-refractivity contribution in [2.24, 2.45) is 5.92 Å². The van der Waals surface area contributed by atoms with Gasteiger partial charge in [0.15, 0.2) is 0 Å². The third-order valence-corrected chi connectivity index (χ3v) is 5.26. The number of non-ortho nitro benzene ring substituents is 1. The summed E-state index contributed by atoms with van der Waals surface area (Å²) in [5.74, 6) is -1.49. The zero-order chi connectivity index (χ0) is 17.7. The van der Waals surface area contributed by atoms with Crippen LogP contribution in [0.25, 0.3) is 0 Å². The molecule has 0 saturated carbocycles. The highest BCUT2D eigenvalue weighted by Gasteiger charge is 2.40. The Morgan fingerprint density at radius 1 is 1.20 bits per heavy atom. The Balaban J connectivity index is 1.85. The lowest BCUT2D eigenvalue weighted by Gasteiger charge is -2.37. The average Bonchev–Trinajstić information content (AvgIpc) is 3.05. The molecule has 4 nitrogen and oxygen atoms in total. The third kappa shape index (κ3) is 2.57. The number of rotatable bonds is 2. The molecule has 0 aromatic heterocycles. The fourth-order valence-corrected chi connectivity index (χ4v) is 4.05. The topological polar surface area (TPSA) is 55.2 Å². The van der Waals surface area contributed by atoms with Gasteiger partial charge in [-0.2, -0.15) is 0 Å². The van der Waals surface area contributed by atoms with Gasteiger partial charge in [0.1, 0.15) is 11.6 Å². The van der Waals surface area contributed by atoms with Crippen LogP contribution in [-0.2, 0) is 0 Å². The van der Waals surface area contributed by atoms with Gasteiger partial charge in [-0.1, -0.05) is 23.8 Å². The second-order valence-corrected chi connectivity index (χ2v) is 6.70. The van der Waals surface area contributed by atoms with Gasteiger partial charge in [0.05, 0.1) is 16.7 Å². The van der Waals surface area contributed by atoms with E-state index in [1.165, 1.54) is 24.3 Å². The number of nitrogens with zero attached hydrogens (tertiary/aromatic N) is 1. The summed E-state index contributed by atoms with van der Waals surface area (Å²) in [7, 11) is 0. The Morgan fingerprint density at radius 3 is 2.76 bits per heavy atom. The minimum atomic E-state index is -0.680. The SMILES string of the molecule is O=[N+]([O-])c1ccc(Cl)c([C@@H]2Nc3c(F)cc(F)cc3[C@H]3C=CC[C@@H]32)c1. The number of benzene rings is 2. The molecule has 0 radical (unpaired) electrons. The fourth-order valence-electron chi connectivity index (χ4n) is 3.81. The van der Waals surface area contributed by atoms with Crippen molar-refractivity contribution < 1.29 is 13.7 Å². The van der Waals surface area contributed by atoms with Gasteiger partial charge in [0.2, 0.25) is 0 Å². The van der Waals surface area contributed by atoms with Gasteiger partial charge in [-0.3, -0.25) is 10.1 Å². The van der Waals surface area contributed by atoms with Crippen molar-refractivity contribution in [3.63, 3.8) is 0 Å². The number of nitro benzene ring substituents is 1. The highest BCUT2D eigenvalue weighted by Crippen LogP contribution is 2.51. The van der Waals surface area contributed by atoms with E-state index in [0.717, 1.165) is 6.07 Å². The maximum absolute atomic E-state index is 14.3. The van der Waals surface area contributed by atoms with Crippen molar-refractivity contribution in [2.75, 3.05) is 5.32 Å². The van der Waals surface area contributed by atoms with Gasteiger partial charge in [0.25, 0.3) is 5.69 Å². The molecular weight excluding hydrogens is 350 g/mol. The standard InChI is InChI=1S/C18H13ClF2N2O2/c19-15-5-4-10(23(24)25)8-14(15)17-12-3-1-2-11(12)13-6-9(20)7-16(21)18(13)22-17/h1-2,4-8,11-12,17,22H,3H2/t11-,12-,17+/m0/s1. The first-order valence-electron chi connectivity index (χ1n) is 7.81. The molecule has 1 aliphatic heterocycles. The van der Waals surface area contributed by atoms with Crippen LogP contribution in [0.4, 0.5) is 20.2 Å².